The lowest BCUT2D eigenvalue weighted by Gasteiger charge is -2.18. The molecule has 2 amide bonds. The summed E-state index contributed by atoms with van der Waals surface area (Å²) in [6.45, 7) is 4.24. The van der Waals surface area contributed by atoms with E-state index in [0.717, 1.165) is 29.8 Å². The predicted octanol–water partition coefficient (Wildman–Crippen LogP) is 1.09. The highest BCUT2D eigenvalue weighted by Crippen LogP contribution is 2.25. The van der Waals surface area contributed by atoms with Crippen molar-refractivity contribution in [1.29, 1.82) is 0 Å². The molecule has 1 fully saturated rings. The summed E-state index contributed by atoms with van der Waals surface area (Å²) in [5, 5.41) is 18.9. The Balaban J connectivity index is 1.89. The molecule has 0 aliphatic heterocycles. The maximum atomic E-state index is 11.9. The van der Waals surface area contributed by atoms with Crippen LogP contribution in [-0.2, 0) is 18.4 Å². The topological polar surface area (TPSA) is 96.3 Å². The van der Waals surface area contributed by atoms with Gasteiger partial charge >= 0.3 is 12.0 Å². The highest BCUT2D eigenvalue weighted by Gasteiger charge is 2.33. The average Bonchev–Trinajstić information content (AvgIpc) is 2.94. The zero-order valence-electron chi connectivity index (χ0n) is 12.6. The van der Waals surface area contributed by atoms with Crippen LogP contribution in [0, 0.1) is 19.8 Å². The molecule has 1 aliphatic carbocycles. The van der Waals surface area contributed by atoms with Crippen molar-refractivity contribution in [3.05, 3.63) is 17.0 Å². The number of nitrogens with zero attached hydrogens (tertiary/aromatic N) is 2. The molecule has 2 atom stereocenters. The molecule has 0 radical (unpaired) electrons. The van der Waals surface area contributed by atoms with Gasteiger partial charge in [0.25, 0.3) is 0 Å². The number of carboxylic acid groups (broad SMARTS) is 1. The van der Waals surface area contributed by atoms with Gasteiger partial charge in [0, 0.05) is 30.9 Å². The summed E-state index contributed by atoms with van der Waals surface area (Å²) in [6.07, 6.45) is 2.18. The molecule has 7 nitrogen and oxygen atoms in total. The van der Waals surface area contributed by atoms with E-state index in [1.807, 2.05) is 20.9 Å². The Morgan fingerprint density at radius 1 is 1.38 bits per heavy atom. The molecule has 116 valence electrons. The van der Waals surface area contributed by atoms with Crippen molar-refractivity contribution < 1.29 is 14.7 Å². The number of rotatable bonds is 4. The Bertz CT molecular complexity index is 553. The van der Waals surface area contributed by atoms with E-state index in [1.165, 1.54) is 0 Å². The van der Waals surface area contributed by atoms with E-state index in [2.05, 4.69) is 15.7 Å². The quantitative estimate of drug-likeness (QED) is 0.774. The fourth-order valence-corrected chi connectivity index (χ4v) is 2.89. The van der Waals surface area contributed by atoms with Gasteiger partial charge in [-0.05, 0) is 26.7 Å². The van der Waals surface area contributed by atoms with Gasteiger partial charge in [-0.2, -0.15) is 5.10 Å². The summed E-state index contributed by atoms with van der Waals surface area (Å²) < 4.78 is 1.78. The van der Waals surface area contributed by atoms with E-state index in [9.17, 15) is 9.59 Å². The number of hydrogen-bond acceptors (Lipinski definition) is 3. The van der Waals surface area contributed by atoms with Gasteiger partial charge in [0.05, 0.1) is 11.6 Å². The van der Waals surface area contributed by atoms with Crippen molar-refractivity contribution in [1.82, 2.24) is 20.4 Å². The van der Waals surface area contributed by atoms with Gasteiger partial charge in [-0.1, -0.05) is 6.42 Å². The van der Waals surface area contributed by atoms with Crippen molar-refractivity contribution in [2.75, 3.05) is 0 Å². The summed E-state index contributed by atoms with van der Waals surface area (Å²) in [6, 6.07) is -0.602. The Morgan fingerprint density at radius 2 is 2.10 bits per heavy atom. The van der Waals surface area contributed by atoms with Crippen LogP contribution in [0.4, 0.5) is 4.79 Å². The molecule has 3 N–H and O–H groups in total. The van der Waals surface area contributed by atoms with Crippen LogP contribution in [0.3, 0.4) is 0 Å². The van der Waals surface area contributed by atoms with Crippen LogP contribution in [0.1, 0.15) is 36.2 Å². The molecule has 1 aromatic rings. The number of aromatic nitrogens is 2. The summed E-state index contributed by atoms with van der Waals surface area (Å²) in [4.78, 5) is 23.0. The van der Waals surface area contributed by atoms with Crippen molar-refractivity contribution in [2.45, 2.75) is 45.7 Å². The molecule has 7 heteroatoms. The Hall–Kier alpha value is -2.05. The predicted molar refractivity (Wildman–Crippen MR) is 76.8 cm³/mol. The smallest absolute Gasteiger partial charge is 0.315 e. The van der Waals surface area contributed by atoms with E-state index >= 15 is 0 Å². The van der Waals surface area contributed by atoms with Gasteiger partial charge in [0.2, 0.25) is 0 Å². The second-order valence-electron chi connectivity index (χ2n) is 5.58. The van der Waals surface area contributed by atoms with Gasteiger partial charge < -0.3 is 15.7 Å². The van der Waals surface area contributed by atoms with Crippen LogP contribution in [0.2, 0.25) is 0 Å². The number of hydrogen-bond donors (Lipinski definition) is 3. The van der Waals surface area contributed by atoms with E-state index in [4.69, 9.17) is 5.11 Å². The van der Waals surface area contributed by atoms with Gasteiger partial charge in [-0.15, -0.1) is 0 Å². The van der Waals surface area contributed by atoms with Crippen LogP contribution < -0.4 is 10.6 Å². The maximum Gasteiger partial charge on any atom is 0.315 e. The summed E-state index contributed by atoms with van der Waals surface area (Å²) in [7, 11) is 1.86. The van der Waals surface area contributed by atoms with Crippen molar-refractivity contribution in [3.8, 4) is 0 Å². The highest BCUT2D eigenvalue weighted by atomic mass is 16.4. The number of urea groups is 1. The normalized spacial score (nSPS) is 21.3. The highest BCUT2D eigenvalue weighted by molar-refractivity contribution is 5.77. The third-order valence-electron chi connectivity index (χ3n) is 4.23. The molecule has 1 aromatic heterocycles. The maximum absolute atomic E-state index is 11.9. The Morgan fingerprint density at radius 3 is 2.67 bits per heavy atom. The lowest BCUT2D eigenvalue weighted by atomic mass is 10.0. The third-order valence-corrected chi connectivity index (χ3v) is 4.23. The lowest BCUT2D eigenvalue weighted by molar-refractivity contribution is -0.142. The average molecular weight is 294 g/mol. The minimum atomic E-state index is -0.836. The summed E-state index contributed by atoms with van der Waals surface area (Å²) >= 11 is 0. The molecule has 2 unspecified atom stereocenters. The van der Waals surface area contributed by atoms with Crippen LogP contribution in [0.25, 0.3) is 0 Å². The first-order valence-electron chi connectivity index (χ1n) is 7.16. The minimum absolute atomic E-state index is 0.279. The minimum Gasteiger partial charge on any atom is -0.481 e. The number of aliphatic carboxylic acids is 1. The molecule has 2 rings (SSSR count). The van der Waals surface area contributed by atoms with Crippen molar-refractivity contribution in [3.63, 3.8) is 0 Å². The van der Waals surface area contributed by atoms with Crippen LogP contribution in [-0.4, -0.2) is 32.9 Å². The second-order valence-corrected chi connectivity index (χ2v) is 5.58. The second kappa shape index (κ2) is 6.15. The van der Waals surface area contributed by atoms with E-state index in [-0.39, 0.29) is 12.1 Å². The monoisotopic (exact) mass is 294 g/mol. The standard InChI is InChI=1S/C14H22N4O3/c1-8-11(9(2)18(3)17-8)7-15-14(21)16-12-6-4-5-10(12)13(19)20/h10,12H,4-7H2,1-3H3,(H,19,20)(H2,15,16,21). The number of amides is 2. The lowest BCUT2D eigenvalue weighted by Crippen LogP contribution is -2.45. The largest absolute Gasteiger partial charge is 0.481 e. The van der Waals surface area contributed by atoms with Gasteiger partial charge in [-0.3, -0.25) is 9.48 Å². The Kier molecular flexibility index (Phi) is 4.50. The van der Waals surface area contributed by atoms with Crippen LogP contribution in [0.5, 0.6) is 0 Å². The van der Waals surface area contributed by atoms with Crippen molar-refractivity contribution >= 4 is 12.0 Å². The fraction of sp³-hybridized carbons (Fsp3) is 0.643. The molecule has 1 saturated carbocycles. The first-order chi connectivity index (χ1) is 9.90. The van der Waals surface area contributed by atoms with Gasteiger partial charge in [0.15, 0.2) is 0 Å². The molecular formula is C14H22N4O3. The van der Waals surface area contributed by atoms with Crippen LogP contribution in [0.15, 0.2) is 0 Å². The first-order valence-corrected chi connectivity index (χ1v) is 7.16. The van der Waals surface area contributed by atoms with E-state index < -0.39 is 11.9 Å². The summed E-state index contributed by atoms with van der Waals surface area (Å²) in [5.74, 6) is -1.31. The Labute approximate surface area is 123 Å². The molecule has 0 bridgehead atoms. The van der Waals surface area contributed by atoms with Gasteiger partial charge in [-0.25, -0.2) is 4.79 Å². The van der Waals surface area contributed by atoms with E-state index in [1.54, 1.807) is 4.68 Å². The number of aryl methyl sites for hydroxylation is 2. The fourth-order valence-electron chi connectivity index (χ4n) is 2.89. The number of carbonyl (C=O) groups is 2. The third kappa shape index (κ3) is 3.34. The summed E-state index contributed by atoms with van der Waals surface area (Å²) in [5.41, 5.74) is 2.89. The number of carbonyl (C=O) groups excluding carboxylic acids is 1. The molecule has 0 aromatic carbocycles. The zero-order chi connectivity index (χ0) is 15.6. The number of carboxylic acids is 1. The number of nitrogens with one attached hydrogen (secondary N) is 2. The molecular weight excluding hydrogens is 272 g/mol. The van der Waals surface area contributed by atoms with Crippen molar-refractivity contribution in [2.24, 2.45) is 13.0 Å². The van der Waals surface area contributed by atoms with E-state index in [0.29, 0.717) is 13.0 Å². The molecule has 0 saturated heterocycles. The molecule has 1 aliphatic rings. The molecule has 0 spiro atoms. The van der Waals surface area contributed by atoms with Crippen LogP contribution >= 0.6 is 0 Å². The first kappa shape index (κ1) is 15.3. The molecule has 1 heterocycles. The van der Waals surface area contributed by atoms with Gasteiger partial charge in [0.1, 0.15) is 0 Å². The zero-order valence-corrected chi connectivity index (χ0v) is 12.6. The molecule has 21 heavy (non-hydrogen) atoms. The SMILES string of the molecule is Cc1nn(C)c(C)c1CNC(=O)NC1CCCC1C(=O)O.